The summed E-state index contributed by atoms with van der Waals surface area (Å²) in [5.74, 6) is -0.931. The Labute approximate surface area is 274 Å². The van der Waals surface area contributed by atoms with Crippen molar-refractivity contribution >= 4 is 56.4 Å². The van der Waals surface area contributed by atoms with Crippen LogP contribution in [0.5, 0.6) is 0 Å². The van der Waals surface area contributed by atoms with E-state index in [9.17, 15) is 33.4 Å². The van der Waals surface area contributed by atoms with E-state index in [4.69, 9.17) is 16.7 Å². The molecule has 1 N–H and O–H groups in total. The van der Waals surface area contributed by atoms with E-state index in [2.05, 4.69) is 4.72 Å². The first-order valence-electron chi connectivity index (χ1n) is 14.5. The van der Waals surface area contributed by atoms with E-state index < -0.39 is 31.8 Å². The number of benzene rings is 4. The van der Waals surface area contributed by atoms with Gasteiger partial charge in [-0.2, -0.15) is 5.10 Å². The van der Waals surface area contributed by atoms with Gasteiger partial charge in [-0.1, -0.05) is 41.9 Å². The predicted octanol–water partition coefficient (Wildman–Crippen LogP) is 7.39. The van der Waals surface area contributed by atoms with Crippen LogP contribution in [0.25, 0.3) is 6.08 Å². The number of anilines is 1. The molecule has 2 atom stereocenters. The fraction of sp³-hybridized carbons (Fsp3) is 0.152. The second-order valence-corrected chi connectivity index (χ2v) is 13.2. The number of nitro groups is 2. The molecule has 2 aliphatic rings. The van der Waals surface area contributed by atoms with E-state index >= 15 is 0 Å². The van der Waals surface area contributed by atoms with E-state index in [1.54, 1.807) is 36.4 Å². The van der Waals surface area contributed by atoms with Crippen molar-refractivity contribution in [3.63, 3.8) is 0 Å². The number of halogens is 1. The Morgan fingerprint density at radius 1 is 0.915 bits per heavy atom. The highest BCUT2D eigenvalue weighted by Crippen LogP contribution is 2.45. The fourth-order valence-electron chi connectivity index (χ4n) is 5.91. The molecule has 0 bridgehead atoms. The summed E-state index contributed by atoms with van der Waals surface area (Å²) in [6.07, 6.45) is 3.77. The molecular formula is C33H26ClN5O7S. The molecular weight excluding hydrogens is 646 g/mol. The number of nitrogens with zero attached hydrogens (tertiary/aromatic N) is 4. The zero-order chi connectivity index (χ0) is 33.3. The van der Waals surface area contributed by atoms with Gasteiger partial charge in [0, 0.05) is 46.5 Å². The molecule has 0 spiro atoms. The number of sulfonamides is 1. The molecule has 0 radical (unpaired) electrons. The molecule has 1 fully saturated rings. The Bertz CT molecular complexity index is 2080. The van der Waals surface area contributed by atoms with Gasteiger partial charge in [-0.15, -0.1) is 0 Å². The Morgan fingerprint density at radius 2 is 1.60 bits per heavy atom. The number of hydrogen-bond acceptors (Lipinski definition) is 8. The van der Waals surface area contributed by atoms with Gasteiger partial charge in [-0.05, 0) is 84.5 Å². The fourth-order valence-corrected chi connectivity index (χ4v) is 7.14. The molecule has 47 heavy (non-hydrogen) atoms. The van der Waals surface area contributed by atoms with E-state index in [0.29, 0.717) is 34.7 Å². The third kappa shape index (κ3) is 6.62. The lowest BCUT2D eigenvalue weighted by Crippen LogP contribution is -2.32. The predicted molar refractivity (Wildman–Crippen MR) is 177 cm³/mol. The van der Waals surface area contributed by atoms with Crippen LogP contribution in [0, 0.1) is 26.1 Å². The number of rotatable bonds is 8. The van der Waals surface area contributed by atoms with E-state index in [1.807, 2.05) is 6.08 Å². The number of hydrazone groups is 1. The highest BCUT2D eigenvalue weighted by atomic mass is 35.5. The SMILES string of the molecule is O=C(c1cccc(S(=O)(=O)Nc2ccc(Cl)cc2)c1)N1N=C2/C(=C/c3cccc([N+](=O)[O-])c3)CCC[C@@H]2[C@@H]1c1cccc([N+](=O)[O-])c1. The van der Waals surface area contributed by atoms with E-state index in [0.717, 1.165) is 12.0 Å². The molecule has 4 aromatic rings. The molecule has 238 valence electrons. The van der Waals surface area contributed by atoms with Crippen LogP contribution in [0.4, 0.5) is 17.1 Å². The number of fused-ring (bicyclic) bond motifs is 1. The smallest absolute Gasteiger partial charge is 0.274 e. The molecule has 14 heteroatoms. The summed E-state index contributed by atoms with van der Waals surface area (Å²) in [4.78, 5) is 36.1. The molecule has 0 aromatic heterocycles. The third-order valence-electron chi connectivity index (χ3n) is 8.04. The lowest BCUT2D eigenvalue weighted by Gasteiger charge is -2.29. The second-order valence-electron chi connectivity index (χ2n) is 11.1. The minimum absolute atomic E-state index is 0.0478. The van der Waals surface area contributed by atoms with Crippen molar-refractivity contribution < 1.29 is 23.1 Å². The molecule has 1 aliphatic heterocycles. The van der Waals surface area contributed by atoms with Gasteiger partial charge >= 0.3 is 0 Å². The molecule has 1 aliphatic carbocycles. The van der Waals surface area contributed by atoms with E-state index in [1.165, 1.54) is 65.7 Å². The summed E-state index contributed by atoms with van der Waals surface area (Å²) in [6.45, 7) is 0. The van der Waals surface area contributed by atoms with Crippen LogP contribution in [0.15, 0.2) is 113 Å². The molecule has 0 saturated heterocycles. The van der Waals surface area contributed by atoms with Crippen LogP contribution in [-0.4, -0.2) is 34.9 Å². The largest absolute Gasteiger partial charge is 0.280 e. The average Bonchev–Trinajstić information content (AvgIpc) is 3.46. The molecule has 1 heterocycles. The summed E-state index contributed by atoms with van der Waals surface area (Å²) in [7, 11) is -4.09. The van der Waals surface area contributed by atoms with Gasteiger partial charge in [0.2, 0.25) is 0 Å². The summed E-state index contributed by atoms with van der Waals surface area (Å²) in [5.41, 5.74) is 2.61. The lowest BCUT2D eigenvalue weighted by atomic mass is 9.77. The standard InChI is InChI=1S/C33H26ClN5O7S/c34-25-13-15-26(16-14-25)36-47(45,46)29-11-3-8-24(20-29)33(40)37-32(23-7-2-10-28(19-23)39(43)44)30-12-4-6-22(31(30)35-37)17-21-5-1-9-27(18-21)38(41)42/h1-3,5,7-11,13-20,30,32,36H,4,6,12H2/b22-17+/t30-,32-/m0/s1. The van der Waals surface area contributed by atoms with Gasteiger partial charge in [0.25, 0.3) is 27.3 Å². The van der Waals surface area contributed by atoms with Crippen molar-refractivity contribution in [1.82, 2.24) is 5.01 Å². The molecule has 12 nitrogen and oxygen atoms in total. The number of non-ortho nitro benzene ring substituents is 2. The van der Waals surface area contributed by atoms with Crippen LogP contribution < -0.4 is 4.72 Å². The summed E-state index contributed by atoms with van der Waals surface area (Å²) in [6, 6.07) is 23.2. The van der Waals surface area contributed by atoms with Gasteiger partial charge < -0.3 is 0 Å². The van der Waals surface area contributed by atoms with Gasteiger partial charge in [0.05, 0.1) is 26.5 Å². The normalized spacial score (nSPS) is 18.4. The first-order valence-corrected chi connectivity index (χ1v) is 16.4. The van der Waals surface area contributed by atoms with Gasteiger partial charge in [-0.25, -0.2) is 13.4 Å². The second kappa shape index (κ2) is 12.8. The Hall–Kier alpha value is -5.40. The Kier molecular flexibility index (Phi) is 8.58. The molecule has 4 aromatic carbocycles. The Morgan fingerprint density at radius 3 is 2.32 bits per heavy atom. The average molecular weight is 672 g/mol. The topological polar surface area (TPSA) is 165 Å². The van der Waals surface area contributed by atoms with Crippen molar-refractivity contribution in [1.29, 1.82) is 0 Å². The van der Waals surface area contributed by atoms with Crippen molar-refractivity contribution in [3.8, 4) is 0 Å². The number of nitro benzene ring substituents is 2. The van der Waals surface area contributed by atoms with Crippen molar-refractivity contribution in [2.45, 2.75) is 30.2 Å². The molecule has 0 unspecified atom stereocenters. The summed E-state index contributed by atoms with van der Waals surface area (Å²) in [5, 5.41) is 29.5. The summed E-state index contributed by atoms with van der Waals surface area (Å²) >= 11 is 5.92. The zero-order valence-electron chi connectivity index (χ0n) is 24.5. The number of nitrogens with one attached hydrogen (secondary N) is 1. The quantitative estimate of drug-likeness (QED) is 0.151. The number of hydrogen-bond donors (Lipinski definition) is 1. The van der Waals surface area contributed by atoms with Crippen LogP contribution in [0.1, 0.15) is 46.8 Å². The van der Waals surface area contributed by atoms with Gasteiger partial charge in [0.1, 0.15) is 0 Å². The number of carbonyl (C=O) groups excluding carboxylic acids is 1. The zero-order valence-corrected chi connectivity index (χ0v) is 26.1. The highest BCUT2D eigenvalue weighted by molar-refractivity contribution is 7.92. The van der Waals surface area contributed by atoms with Gasteiger partial charge in [-0.3, -0.25) is 29.7 Å². The monoisotopic (exact) mass is 671 g/mol. The van der Waals surface area contributed by atoms with E-state index in [-0.39, 0.29) is 33.4 Å². The van der Waals surface area contributed by atoms with Gasteiger partial charge in [0.15, 0.2) is 0 Å². The number of amides is 1. The lowest BCUT2D eigenvalue weighted by molar-refractivity contribution is -0.385. The number of allylic oxidation sites excluding steroid dienone is 1. The van der Waals surface area contributed by atoms with Crippen LogP contribution in [0.2, 0.25) is 5.02 Å². The minimum Gasteiger partial charge on any atom is -0.280 e. The molecule has 1 saturated carbocycles. The number of carbonyl (C=O) groups is 1. The van der Waals surface area contributed by atoms with Crippen molar-refractivity contribution in [3.05, 3.63) is 145 Å². The maximum absolute atomic E-state index is 14.2. The van der Waals surface area contributed by atoms with Crippen molar-refractivity contribution in [2.24, 2.45) is 11.0 Å². The molecule has 6 rings (SSSR count). The molecule has 1 amide bonds. The first kappa shape index (κ1) is 31.6. The van der Waals surface area contributed by atoms with Crippen molar-refractivity contribution in [2.75, 3.05) is 4.72 Å². The van der Waals surface area contributed by atoms with Crippen LogP contribution >= 0.6 is 11.6 Å². The van der Waals surface area contributed by atoms with Crippen LogP contribution in [0.3, 0.4) is 0 Å². The minimum atomic E-state index is -4.09. The Balaban J connectivity index is 1.40. The highest BCUT2D eigenvalue weighted by Gasteiger charge is 2.44. The first-order chi connectivity index (χ1) is 22.5. The third-order valence-corrected chi connectivity index (χ3v) is 9.67. The maximum atomic E-state index is 14.2. The van der Waals surface area contributed by atoms with Crippen LogP contribution in [-0.2, 0) is 10.0 Å². The maximum Gasteiger partial charge on any atom is 0.274 e. The summed E-state index contributed by atoms with van der Waals surface area (Å²) < 4.78 is 29.0.